The minimum Gasteiger partial charge on any atom is -0.468 e. The van der Waals surface area contributed by atoms with Crippen molar-refractivity contribution in [3.8, 4) is 5.88 Å². The van der Waals surface area contributed by atoms with Gasteiger partial charge in [0.05, 0.1) is 12.6 Å². The van der Waals surface area contributed by atoms with Crippen molar-refractivity contribution in [2.24, 2.45) is 4.99 Å². The highest BCUT2D eigenvalue weighted by atomic mass is 127. The highest BCUT2D eigenvalue weighted by Gasteiger charge is 2.29. The number of alkyl halides is 3. The lowest BCUT2D eigenvalue weighted by molar-refractivity contribution is -0.154. The molecule has 2 heterocycles. The fraction of sp³-hybridized carbons (Fsp3) is 0.700. The topological polar surface area (TPSA) is 68.2 Å². The second kappa shape index (κ2) is 14.7. The van der Waals surface area contributed by atoms with Crippen LogP contribution >= 0.6 is 24.0 Å². The number of hydrogen-bond acceptors (Lipinski definition) is 5. The third-order valence-electron chi connectivity index (χ3n) is 4.54. The normalized spacial score (nSPS) is 15.5. The van der Waals surface area contributed by atoms with E-state index in [2.05, 4.69) is 20.2 Å². The molecule has 1 aliphatic rings. The maximum atomic E-state index is 12.5. The molecule has 0 radical (unpaired) electrons. The van der Waals surface area contributed by atoms with Crippen molar-refractivity contribution in [3.63, 3.8) is 0 Å². The van der Waals surface area contributed by atoms with Crippen molar-refractivity contribution in [2.75, 3.05) is 46.6 Å². The number of halogens is 4. The molecule has 11 heteroatoms. The molecular formula is C20H32F3IN4O3. The van der Waals surface area contributed by atoms with Gasteiger partial charge in [-0.3, -0.25) is 0 Å². The van der Waals surface area contributed by atoms with Gasteiger partial charge in [0.1, 0.15) is 0 Å². The third-order valence-corrected chi connectivity index (χ3v) is 4.54. The molecule has 0 aromatic carbocycles. The fourth-order valence-corrected chi connectivity index (χ4v) is 3.10. The number of nitrogens with zero attached hydrogens (tertiary/aromatic N) is 3. The largest absolute Gasteiger partial charge is 0.468 e. The number of nitrogens with one attached hydrogen (secondary N) is 1. The molecule has 7 nitrogen and oxygen atoms in total. The number of ether oxygens (including phenoxy) is 3. The first kappa shape index (κ1) is 27.7. The minimum atomic E-state index is -4.41. The van der Waals surface area contributed by atoms with Crippen LogP contribution in [0.1, 0.15) is 31.7 Å². The minimum absolute atomic E-state index is 0. The summed E-state index contributed by atoms with van der Waals surface area (Å²) in [5.41, 5.74) is 0.508. The maximum absolute atomic E-state index is 12.5. The van der Waals surface area contributed by atoms with Gasteiger partial charge in [-0.05, 0) is 32.3 Å². The molecule has 0 bridgehead atoms. The molecule has 0 saturated carbocycles. The standard InChI is InChI=1S/C20H31F3N4O3.HI/c1-3-24-19(27-10-7-17(8-11-27)29-13-5-12-28-2)26-14-16-6-4-9-25-18(16)30-15-20(21,22)23;/h4,6,9,17H,3,5,7-8,10-15H2,1-2H3,(H,24,26);1H. The molecule has 0 atom stereocenters. The number of aromatic nitrogens is 1. The Kier molecular flexibility index (Phi) is 13.1. The van der Waals surface area contributed by atoms with E-state index < -0.39 is 12.8 Å². The van der Waals surface area contributed by atoms with Crippen LogP contribution in [0.4, 0.5) is 13.2 Å². The molecule has 178 valence electrons. The zero-order valence-corrected chi connectivity index (χ0v) is 20.3. The van der Waals surface area contributed by atoms with Crippen LogP contribution in [0.15, 0.2) is 23.3 Å². The molecule has 1 aliphatic heterocycles. The smallest absolute Gasteiger partial charge is 0.422 e. The Morgan fingerprint density at radius 3 is 2.68 bits per heavy atom. The zero-order valence-electron chi connectivity index (χ0n) is 18.0. The summed E-state index contributed by atoms with van der Waals surface area (Å²) < 4.78 is 53.2. The van der Waals surface area contributed by atoms with Crippen LogP contribution in [-0.2, 0) is 16.0 Å². The van der Waals surface area contributed by atoms with Gasteiger partial charge in [-0.25, -0.2) is 9.98 Å². The summed E-state index contributed by atoms with van der Waals surface area (Å²) >= 11 is 0. The van der Waals surface area contributed by atoms with E-state index in [0.29, 0.717) is 25.3 Å². The Labute approximate surface area is 198 Å². The number of methoxy groups -OCH3 is 1. The summed E-state index contributed by atoms with van der Waals surface area (Å²) in [6.45, 7) is 4.44. The number of likely N-dealkylation sites (tertiary alicyclic amines) is 1. The molecular weight excluding hydrogens is 528 g/mol. The molecule has 0 spiro atoms. The molecule has 0 aliphatic carbocycles. The van der Waals surface area contributed by atoms with Gasteiger partial charge < -0.3 is 24.4 Å². The summed E-state index contributed by atoms with van der Waals surface area (Å²) in [5.74, 6) is 0.679. The molecule has 1 fully saturated rings. The van der Waals surface area contributed by atoms with E-state index in [0.717, 1.165) is 38.3 Å². The van der Waals surface area contributed by atoms with Crippen LogP contribution in [0.25, 0.3) is 0 Å². The maximum Gasteiger partial charge on any atom is 0.422 e. The first-order chi connectivity index (χ1) is 14.4. The number of rotatable bonds is 10. The second-order valence-corrected chi connectivity index (χ2v) is 6.95. The van der Waals surface area contributed by atoms with Crippen LogP contribution in [0.2, 0.25) is 0 Å². The van der Waals surface area contributed by atoms with Crippen molar-refractivity contribution >= 4 is 29.9 Å². The van der Waals surface area contributed by atoms with Gasteiger partial charge >= 0.3 is 6.18 Å². The Bertz CT molecular complexity index is 657. The van der Waals surface area contributed by atoms with E-state index in [1.165, 1.54) is 6.20 Å². The Morgan fingerprint density at radius 1 is 1.29 bits per heavy atom. The summed E-state index contributed by atoms with van der Waals surface area (Å²) in [6, 6.07) is 3.33. The number of guanidine groups is 1. The first-order valence-electron chi connectivity index (χ1n) is 10.2. The van der Waals surface area contributed by atoms with E-state index in [9.17, 15) is 13.2 Å². The molecule has 1 saturated heterocycles. The quantitative estimate of drug-likeness (QED) is 0.204. The number of aliphatic imine (C=N–C) groups is 1. The summed E-state index contributed by atoms with van der Waals surface area (Å²) in [6.07, 6.45) is -0.120. The molecule has 1 aromatic rings. The van der Waals surface area contributed by atoms with Gasteiger partial charge in [0.2, 0.25) is 5.88 Å². The van der Waals surface area contributed by atoms with Crippen LogP contribution in [0.5, 0.6) is 5.88 Å². The zero-order chi connectivity index (χ0) is 21.8. The SMILES string of the molecule is CCNC(=NCc1cccnc1OCC(F)(F)F)N1CCC(OCCCOC)CC1.I. The Hall–Kier alpha value is -1.34. The van der Waals surface area contributed by atoms with E-state index in [-0.39, 0.29) is 42.5 Å². The molecule has 1 N–H and O–H groups in total. The van der Waals surface area contributed by atoms with Crippen molar-refractivity contribution < 1.29 is 27.4 Å². The van der Waals surface area contributed by atoms with Crippen LogP contribution < -0.4 is 10.1 Å². The van der Waals surface area contributed by atoms with Gasteiger partial charge in [0, 0.05) is 51.7 Å². The summed E-state index contributed by atoms with van der Waals surface area (Å²) in [7, 11) is 1.68. The average molecular weight is 560 g/mol. The summed E-state index contributed by atoms with van der Waals surface area (Å²) in [4.78, 5) is 10.7. The van der Waals surface area contributed by atoms with Crippen LogP contribution in [0, 0.1) is 0 Å². The van der Waals surface area contributed by atoms with Crippen molar-refractivity contribution in [2.45, 2.75) is 45.0 Å². The average Bonchev–Trinajstić information content (AvgIpc) is 2.73. The first-order valence-corrected chi connectivity index (χ1v) is 10.2. The monoisotopic (exact) mass is 560 g/mol. The Balaban J connectivity index is 0.00000480. The lowest BCUT2D eigenvalue weighted by Gasteiger charge is -2.34. The molecule has 1 aromatic heterocycles. The van der Waals surface area contributed by atoms with Gasteiger partial charge in [0.15, 0.2) is 12.6 Å². The lowest BCUT2D eigenvalue weighted by atomic mass is 10.1. The van der Waals surface area contributed by atoms with Crippen LogP contribution in [-0.4, -0.2) is 74.7 Å². The molecule has 2 rings (SSSR count). The predicted molar refractivity (Wildman–Crippen MR) is 123 cm³/mol. The summed E-state index contributed by atoms with van der Waals surface area (Å²) in [5, 5.41) is 3.25. The van der Waals surface area contributed by atoms with Crippen molar-refractivity contribution in [1.29, 1.82) is 0 Å². The number of piperidine rings is 1. The molecule has 31 heavy (non-hydrogen) atoms. The van der Waals surface area contributed by atoms with Crippen molar-refractivity contribution in [1.82, 2.24) is 15.2 Å². The number of pyridine rings is 1. The Morgan fingerprint density at radius 2 is 2.03 bits per heavy atom. The molecule has 0 amide bonds. The van der Waals surface area contributed by atoms with Crippen molar-refractivity contribution in [3.05, 3.63) is 23.9 Å². The number of hydrogen-bond donors (Lipinski definition) is 1. The van der Waals surface area contributed by atoms with E-state index in [1.54, 1.807) is 19.2 Å². The van der Waals surface area contributed by atoms with Gasteiger partial charge in [-0.15, -0.1) is 24.0 Å². The van der Waals surface area contributed by atoms with E-state index in [4.69, 9.17) is 14.2 Å². The fourth-order valence-electron chi connectivity index (χ4n) is 3.10. The third kappa shape index (κ3) is 10.7. The second-order valence-electron chi connectivity index (χ2n) is 6.95. The van der Waals surface area contributed by atoms with Crippen LogP contribution in [0.3, 0.4) is 0 Å². The lowest BCUT2D eigenvalue weighted by Crippen LogP contribution is -2.47. The van der Waals surface area contributed by atoms with Gasteiger partial charge in [-0.1, -0.05) is 6.07 Å². The highest BCUT2D eigenvalue weighted by Crippen LogP contribution is 2.21. The predicted octanol–water partition coefficient (Wildman–Crippen LogP) is 3.62. The van der Waals surface area contributed by atoms with E-state index >= 15 is 0 Å². The van der Waals surface area contributed by atoms with Gasteiger partial charge in [0.25, 0.3) is 0 Å². The highest BCUT2D eigenvalue weighted by molar-refractivity contribution is 14.0. The van der Waals surface area contributed by atoms with Gasteiger partial charge in [-0.2, -0.15) is 13.2 Å². The molecule has 0 unspecified atom stereocenters. The van der Waals surface area contributed by atoms with E-state index in [1.807, 2.05) is 6.92 Å².